The van der Waals surface area contributed by atoms with E-state index in [-0.39, 0.29) is 11.4 Å². The minimum Gasteiger partial charge on any atom is -0.409 e. The fraction of sp³-hybridized carbons (Fsp3) is 0.562. The summed E-state index contributed by atoms with van der Waals surface area (Å²) in [6.45, 7) is 1.86. The quantitative estimate of drug-likeness (QED) is 0.381. The van der Waals surface area contributed by atoms with E-state index in [2.05, 4.69) is 10.1 Å². The number of amidine groups is 1. The Morgan fingerprint density at radius 2 is 2.00 bits per heavy atom. The average molecular weight is 291 g/mol. The van der Waals surface area contributed by atoms with Crippen molar-refractivity contribution in [1.82, 2.24) is 0 Å². The summed E-state index contributed by atoms with van der Waals surface area (Å²) in [6, 6.07) is 4.90. The fourth-order valence-electron chi connectivity index (χ4n) is 3.90. The van der Waals surface area contributed by atoms with E-state index in [9.17, 15) is 4.39 Å². The van der Waals surface area contributed by atoms with E-state index in [1.165, 1.54) is 31.7 Å². The third-order valence-corrected chi connectivity index (χ3v) is 4.99. The van der Waals surface area contributed by atoms with Crippen molar-refractivity contribution in [3.05, 3.63) is 29.6 Å². The highest BCUT2D eigenvalue weighted by Crippen LogP contribution is 2.38. The highest BCUT2D eigenvalue weighted by atomic mass is 19.1. The standard InChI is InChI=1S/C16H22FN3O/c17-13-6-3-7-14(15(13)16(18)19-21)20-9-8-11-4-1-2-5-12(11)10-20/h3,6-7,11-12,21H,1-2,4-5,8-10H2,(H2,18,19). The van der Waals surface area contributed by atoms with Gasteiger partial charge in [0.15, 0.2) is 5.84 Å². The number of rotatable bonds is 2. The molecule has 0 radical (unpaired) electrons. The Hall–Kier alpha value is -1.78. The zero-order valence-corrected chi connectivity index (χ0v) is 12.1. The Morgan fingerprint density at radius 1 is 1.24 bits per heavy atom. The average Bonchev–Trinajstić information content (AvgIpc) is 2.53. The number of halogens is 1. The summed E-state index contributed by atoms with van der Waals surface area (Å²) in [5, 5.41) is 11.9. The van der Waals surface area contributed by atoms with Gasteiger partial charge in [0, 0.05) is 13.1 Å². The van der Waals surface area contributed by atoms with E-state index >= 15 is 0 Å². The second-order valence-electron chi connectivity index (χ2n) is 6.16. The molecule has 4 nitrogen and oxygen atoms in total. The monoisotopic (exact) mass is 291 g/mol. The Balaban J connectivity index is 1.89. The number of anilines is 1. The van der Waals surface area contributed by atoms with Gasteiger partial charge in [-0.25, -0.2) is 4.39 Å². The Morgan fingerprint density at radius 3 is 2.76 bits per heavy atom. The van der Waals surface area contributed by atoms with E-state index in [1.54, 1.807) is 6.07 Å². The zero-order valence-electron chi connectivity index (χ0n) is 12.1. The number of piperidine rings is 1. The predicted molar refractivity (Wildman–Crippen MR) is 81.2 cm³/mol. The smallest absolute Gasteiger partial charge is 0.175 e. The molecular weight excluding hydrogens is 269 g/mol. The van der Waals surface area contributed by atoms with Crippen LogP contribution in [0.2, 0.25) is 0 Å². The van der Waals surface area contributed by atoms with E-state index in [1.807, 2.05) is 6.07 Å². The predicted octanol–water partition coefficient (Wildman–Crippen LogP) is 2.94. The van der Waals surface area contributed by atoms with Crippen LogP contribution in [0.25, 0.3) is 0 Å². The molecule has 1 saturated heterocycles. The summed E-state index contributed by atoms with van der Waals surface area (Å²) in [6.07, 6.45) is 6.38. The van der Waals surface area contributed by atoms with Gasteiger partial charge in [0.25, 0.3) is 0 Å². The molecule has 2 atom stereocenters. The van der Waals surface area contributed by atoms with Crippen molar-refractivity contribution in [3.8, 4) is 0 Å². The number of fused-ring (bicyclic) bond motifs is 1. The summed E-state index contributed by atoms with van der Waals surface area (Å²) in [4.78, 5) is 2.20. The number of benzene rings is 1. The molecule has 1 heterocycles. The van der Waals surface area contributed by atoms with Crippen LogP contribution in [0, 0.1) is 17.7 Å². The topological polar surface area (TPSA) is 61.9 Å². The largest absolute Gasteiger partial charge is 0.409 e. The van der Waals surface area contributed by atoms with Crippen LogP contribution < -0.4 is 10.6 Å². The first-order valence-electron chi connectivity index (χ1n) is 7.72. The summed E-state index contributed by atoms with van der Waals surface area (Å²) >= 11 is 0. The van der Waals surface area contributed by atoms with Gasteiger partial charge in [0.1, 0.15) is 5.82 Å². The van der Waals surface area contributed by atoms with Crippen molar-refractivity contribution in [3.63, 3.8) is 0 Å². The summed E-state index contributed by atoms with van der Waals surface area (Å²) < 4.78 is 14.1. The minimum absolute atomic E-state index is 0.158. The maximum Gasteiger partial charge on any atom is 0.175 e. The first-order valence-corrected chi connectivity index (χ1v) is 7.72. The summed E-state index contributed by atoms with van der Waals surface area (Å²) in [7, 11) is 0. The van der Waals surface area contributed by atoms with Crippen LogP contribution in [0.3, 0.4) is 0 Å². The Kier molecular flexibility index (Phi) is 3.99. The molecule has 2 aliphatic rings. The fourth-order valence-corrected chi connectivity index (χ4v) is 3.90. The van der Waals surface area contributed by atoms with Crippen molar-refractivity contribution in [2.24, 2.45) is 22.7 Å². The van der Waals surface area contributed by atoms with Crippen LogP contribution in [-0.4, -0.2) is 24.1 Å². The molecule has 114 valence electrons. The second kappa shape index (κ2) is 5.92. The lowest BCUT2D eigenvalue weighted by molar-refractivity contribution is 0.202. The van der Waals surface area contributed by atoms with Gasteiger partial charge in [0.05, 0.1) is 11.3 Å². The lowest BCUT2D eigenvalue weighted by atomic mass is 9.75. The third-order valence-electron chi connectivity index (χ3n) is 4.99. The molecule has 21 heavy (non-hydrogen) atoms. The van der Waals surface area contributed by atoms with Crippen LogP contribution >= 0.6 is 0 Å². The van der Waals surface area contributed by atoms with Crippen LogP contribution in [-0.2, 0) is 0 Å². The number of hydrogen-bond acceptors (Lipinski definition) is 3. The third kappa shape index (κ3) is 2.69. The molecule has 3 rings (SSSR count). The number of nitrogens with zero attached hydrogens (tertiary/aromatic N) is 2. The maximum atomic E-state index is 14.1. The van der Waals surface area contributed by atoms with Crippen LogP contribution in [0.5, 0.6) is 0 Å². The molecule has 2 unspecified atom stereocenters. The minimum atomic E-state index is -0.437. The molecule has 2 fully saturated rings. The highest BCUT2D eigenvalue weighted by Gasteiger charge is 2.32. The van der Waals surface area contributed by atoms with Crippen molar-refractivity contribution in [2.75, 3.05) is 18.0 Å². The zero-order chi connectivity index (χ0) is 14.8. The molecule has 1 aliphatic carbocycles. The highest BCUT2D eigenvalue weighted by molar-refractivity contribution is 6.02. The van der Waals surface area contributed by atoms with Gasteiger partial charge in [-0.15, -0.1) is 0 Å². The second-order valence-corrected chi connectivity index (χ2v) is 6.16. The van der Waals surface area contributed by atoms with Crippen molar-refractivity contribution < 1.29 is 9.60 Å². The number of oxime groups is 1. The molecule has 1 aromatic carbocycles. The molecule has 1 aromatic rings. The first-order chi connectivity index (χ1) is 10.2. The van der Waals surface area contributed by atoms with Gasteiger partial charge >= 0.3 is 0 Å². The molecule has 1 aliphatic heterocycles. The molecule has 3 N–H and O–H groups in total. The number of hydrogen-bond donors (Lipinski definition) is 2. The Labute approximate surface area is 124 Å². The van der Waals surface area contributed by atoms with Gasteiger partial charge in [-0.05, 0) is 36.8 Å². The SMILES string of the molecule is NC(=NO)c1c(F)cccc1N1CCC2CCCCC2C1. The van der Waals surface area contributed by atoms with E-state index in [4.69, 9.17) is 10.9 Å². The van der Waals surface area contributed by atoms with Crippen LogP contribution in [0.15, 0.2) is 23.4 Å². The lowest BCUT2D eigenvalue weighted by Gasteiger charge is -2.42. The molecule has 0 amide bonds. The van der Waals surface area contributed by atoms with Gasteiger partial charge in [-0.3, -0.25) is 0 Å². The molecule has 0 spiro atoms. The van der Waals surface area contributed by atoms with Crippen LogP contribution in [0.1, 0.15) is 37.7 Å². The molecule has 0 aromatic heterocycles. The molecule has 5 heteroatoms. The molecular formula is C16H22FN3O. The van der Waals surface area contributed by atoms with E-state index < -0.39 is 5.82 Å². The van der Waals surface area contributed by atoms with Gasteiger partial charge in [0.2, 0.25) is 0 Å². The van der Waals surface area contributed by atoms with Crippen molar-refractivity contribution in [1.29, 1.82) is 0 Å². The van der Waals surface area contributed by atoms with Gasteiger partial charge in [-0.2, -0.15) is 0 Å². The van der Waals surface area contributed by atoms with E-state index in [0.717, 1.165) is 31.1 Å². The Bertz CT molecular complexity index is 546. The molecule has 0 bridgehead atoms. The summed E-state index contributed by atoms with van der Waals surface area (Å²) in [5.74, 6) is 0.911. The van der Waals surface area contributed by atoms with Crippen molar-refractivity contribution in [2.45, 2.75) is 32.1 Å². The normalized spacial score (nSPS) is 26.5. The lowest BCUT2D eigenvalue weighted by Crippen LogP contribution is -2.42. The van der Waals surface area contributed by atoms with Gasteiger partial charge < -0.3 is 15.8 Å². The summed E-state index contributed by atoms with van der Waals surface area (Å²) in [5.41, 5.74) is 6.63. The van der Waals surface area contributed by atoms with Crippen molar-refractivity contribution >= 4 is 11.5 Å². The van der Waals surface area contributed by atoms with Crippen LogP contribution in [0.4, 0.5) is 10.1 Å². The molecule has 1 saturated carbocycles. The first kappa shape index (κ1) is 14.2. The maximum absolute atomic E-state index is 14.1. The van der Waals surface area contributed by atoms with E-state index in [0.29, 0.717) is 5.92 Å². The number of nitrogens with two attached hydrogens (primary N) is 1. The van der Waals surface area contributed by atoms with Gasteiger partial charge in [-0.1, -0.05) is 30.5 Å².